The lowest BCUT2D eigenvalue weighted by Crippen LogP contribution is -2.31. The van der Waals surface area contributed by atoms with Gasteiger partial charge in [-0.25, -0.2) is 0 Å². The summed E-state index contributed by atoms with van der Waals surface area (Å²) in [6.45, 7) is 5.91. The first kappa shape index (κ1) is 11.9. The van der Waals surface area contributed by atoms with Crippen LogP contribution in [-0.2, 0) is 0 Å². The number of rotatable bonds is 5. The van der Waals surface area contributed by atoms with Gasteiger partial charge in [-0.1, -0.05) is 43.3 Å². The van der Waals surface area contributed by atoms with Gasteiger partial charge in [0, 0.05) is 11.4 Å². The maximum Gasteiger partial charge on any atom is 0.127 e. The summed E-state index contributed by atoms with van der Waals surface area (Å²) in [5, 5.41) is 5.74. The molecular formula is C15H19NO. The minimum absolute atomic E-state index is 0.374. The number of hydrogen-bond donors (Lipinski definition) is 1. The fraction of sp³-hybridized carbons (Fsp3) is 0.333. The Morgan fingerprint density at radius 1 is 1.12 bits per heavy atom. The van der Waals surface area contributed by atoms with Crippen LogP contribution in [0, 0.1) is 0 Å². The van der Waals surface area contributed by atoms with Crippen LogP contribution in [0.2, 0.25) is 0 Å². The third-order valence-corrected chi connectivity index (χ3v) is 2.79. The van der Waals surface area contributed by atoms with Gasteiger partial charge in [0.1, 0.15) is 12.4 Å². The molecule has 2 rings (SSSR count). The van der Waals surface area contributed by atoms with Crippen molar-refractivity contribution in [3.05, 3.63) is 42.5 Å². The lowest BCUT2D eigenvalue weighted by atomic mass is 10.1. The number of benzene rings is 2. The van der Waals surface area contributed by atoms with E-state index in [0.717, 1.165) is 12.3 Å². The Kier molecular flexibility index (Phi) is 3.99. The highest BCUT2D eigenvalue weighted by Crippen LogP contribution is 2.25. The maximum absolute atomic E-state index is 5.87. The highest BCUT2D eigenvalue weighted by molar-refractivity contribution is 5.88. The monoisotopic (exact) mass is 229 g/mol. The lowest BCUT2D eigenvalue weighted by molar-refractivity contribution is 0.278. The molecule has 17 heavy (non-hydrogen) atoms. The number of ether oxygens (including phenoxy) is 1. The van der Waals surface area contributed by atoms with Crippen LogP contribution in [0.1, 0.15) is 13.8 Å². The lowest BCUT2D eigenvalue weighted by Gasteiger charge is -2.14. The molecule has 1 unspecified atom stereocenters. The van der Waals surface area contributed by atoms with Gasteiger partial charge in [0.05, 0.1) is 0 Å². The minimum atomic E-state index is 0.374. The SMILES string of the molecule is CCNC(C)COc1cccc2ccccc12. The van der Waals surface area contributed by atoms with Gasteiger partial charge in [0.15, 0.2) is 0 Å². The van der Waals surface area contributed by atoms with E-state index in [0.29, 0.717) is 12.6 Å². The van der Waals surface area contributed by atoms with E-state index in [4.69, 9.17) is 4.74 Å². The van der Waals surface area contributed by atoms with E-state index in [-0.39, 0.29) is 0 Å². The Hall–Kier alpha value is -1.54. The summed E-state index contributed by atoms with van der Waals surface area (Å²) in [6, 6.07) is 14.8. The molecule has 1 atom stereocenters. The molecule has 2 aromatic carbocycles. The van der Waals surface area contributed by atoms with Crippen LogP contribution in [0.15, 0.2) is 42.5 Å². The number of fused-ring (bicyclic) bond motifs is 1. The molecule has 0 fully saturated rings. The molecule has 2 heteroatoms. The van der Waals surface area contributed by atoms with E-state index < -0.39 is 0 Å². The Morgan fingerprint density at radius 3 is 2.71 bits per heavy atom. The fourth-order valence-electron chi connectivity index (χ4n) is 1.94. The Balaban J connectivity index is 2.13. The van der Waals surface area contributed by atoms with Crippen molar-refractivity contribution in [1.29, 1.82) is 0 Å². The normalized spacial score (nSPS) is 12.6. The molecule has 0 saturated heterocycles. The molecule has 0 amide bonds. The number of hydrogen-bond acceptors (Lipinski definition) is 2. The second-order valence-corrected chi connectivity index (χ2v) is 4.25. The molecular weight excluding hydrogens is 210 g/mol. The second kappa shape index (κ2) is 5.69. The van der Waals surface area contributed by atoms with Gasteiger partial charge in [-0.3, -0.25) is 0 Å². The van der Waals surface area contributed by atoms with Gasteiger partial charge in [0.2, 0.25) is 0 Å². The molecule has 1 N–H and O–H groups in total. The summed E-state index contributed by atoms with van der Waals surface area (Å²) in [6.07, 6.45) is 0. The van der Waals surface area contributed by atoms with Gasteiger partial charge in [-0.15, -0.1) is 0 Å². The van der Waals surface area contributed by atoms with Crippen molar-refractivity contribution in [1.82, 2.24) is 5.32 Å². The zero-order valence-corrected chi connectivity index (χ0v) is 10.4. The zero-order valence-electron chi connectivity index (χ0n) is 10.4. The van der Waals surface area contributed by atoms with Crippen molar-refractivity contribution >= 4 is 10.8 Å². The molecule has 0 saturated carbocycles. The highest BCUT2D eigenvalue weighted by atomic mass is 16.5. The van der Waals surface area contributed by atoms with E-state index in [9.17, 15) is 0 Å². The molecule has 2 nitrogen and oxygen atoms in total. The van der Waals surface area contributed by atoms with Crippen LogP contribution in [0.25, 0.3) is 10.8 Å². The van der Waals surface area contributed by atoms with Crippen molar-refractivity contribution in [2.75, 3.05) is 13.2 Å². The van der Waals surface area contributed by atoms with Crippen molar-refractivity contribution in [2.24, 2.45) is 0 Å². The molecule has 0 heterocycles. The molecule has 2 aromatic rings. The van der Waals surface area contributed by atoms with Crippen molar-refractivity contribution < 1.29 is 4.74 Å². The van der Waals surface area contributed by atoms with E-state index in [2.05, 4.69) is 37.4 Å². The van der Waals surface area contributed by atoms with E-state index in [1.165, 1.54) is 10.8 Å². The predicted molar refractivity (Wildman–Crippen MR) is 72.6 cm³/mol. The summed E-state index contributed by atoms with van der Waals surface area (Å²) >= 11 is 0. The average molecular weight is 229 g/mol. The van der Waals surface area contributed by atoms with Gasteiger partial charge in [-0.05, 0) is 24.9 Å². The standard InChI is InChI=1S/C15H19NO/c1-3-16-12(2)11-17-15-10-6-8-13-7-4-5-9-14(13)15/h4-10,12,16H,3,11H2,1-2H3. The summed E-state index contributed by atoms with van der Waals surface area (Å²) in [5.74, 6) is 0.966. The Bertz CT molecular complexity index is 476. The summed E-state index contributed by atoms with van der Waals surface area (Å²) in [4.78, 5) is 0. The highest BCUT2D eigenvalue weighted by Gasteiger charge is 2.04. The van der Waals surface area contributed by atoms with Crippen LogP contribution < -0.4 is 10.1 Å². The second-order valence-electron chi connectivity index (χ2n) is 4.25. The Morgan fingerprint density at radius 2 is 1.88 bits per heavy atom. The first-order chi connectivity index (χ1) is 8.31. The molecule has 0 spiro atoms. The molecule has 0 aliphatic heterocycles. The van der Waals surface area contributed by atoms with Crippen LogP contribution in [0.3, 0.4) is 0 Å². The molecule has 0 aromatic heterocycles. The zero-order chi connectivity index (χ0) is 12.1. The third kappa shape index (κ3) is 2.98. The predicted octanol–water partition coefficient (Wildman–Crippen LogP) is 3.22. The topological polar surface area (TPSA) is 21.3 Å². The summed E-state index contributed by atoms with van der Waals surface area (Å²) in [5.41, 5.74) is 0. The number of likely N-dealkylation sites (N-methyl/N-ethyl adjacent to an activating group) is 1. The maximum atomic E-state index is 5.87. The van der Waals surface area contributed by atoms with Crippen LogP contribution >= 0.6 is 0 Å². The van der Waals surface area contributed by atoms with Crippen molar-refractivity contribution in [3.8, 4) is 5.75 Å². The third-order valence-electron chi connectivity index (χ3n) is 2.79. The smallest absolute Gasteiger partial charge is 0.127 e. The van der Waals surface area contributed by atoms with Gasteiger partial charge >= 0.3 is 0 Å². The Labute approximate surface area is 103 Å². The minimum Gasteiger partial charge on any atom is -0.491 e. The molecule has 0 aliphatic carbocycles. The molecule has 0 bridgehead atoms. The first-order valence-electron chi connectivity index (χ1n) is 6.15. The van der Waals surface area contributed by atoms with E-state index in [1.807, 2.05) is 24.3 Å². The summed E-state index contributed by atoms with van der Waals surface area (Å²) < 4.78 is 5.87. The molecule has 0 aliphatic rings. The first-order valence-corrected chi connectivity index (χ1v) is 6.15. The van der Waals surface area contributed by atoms with Crippen molar-refractivity contribution in [2.45, 2.75) is 19.9 Å². The summed E-state index contributed by atoms with van der Waals surface area (Å²) in [7, 11) is 0. The van der Waals surface area contributed by atoms with Crippen LogP contribution in [-0.4, -0.2) is 19.2 Å². The van der Waals surface area contributed by atoms with Crippen molar-refractivity contribution in [3.63, 3.8) is 0 Å². The molecule has 0 radical (unpaired) electrons. The average Bonchev–Trinajstić information content (AvgIpc) is 2.36. The van der Waals surface area contributed by atoms with Gasteiger partial charge in [0.25, 0.3) is 0 Å². The van der Waals surface area contributed by atoms with E-state index in [1.54, 1.807) is 0 Å². The van der Waals surface area contributed by atoms with Gasteiger partial charge in [-0.2, -0.15) is 0 Å². The van der Waals surface area contributed by atoms with Gasteiger partial charge < -0.3 is 10.1 Å². The quantitative estimate of drug-likeness (QED) is 0.850. The molecule has 90 valence electrons. The van der Waals surface area contributed by atoms with Crippen LogP contribution in [0.4, 0.5) is 0 Å². The number of nitrogens with one attached hydrogen (secondary N) is 1. The fourth-order valence-corrected chi connectivity index (χ4v) is 1.94. The largest absolute Gasteiger partial charge is 0.491 e. The van der Waals surface area contributed by atoms with Crippen LogP contribution in [0.5, 0.6) is 5.75 Å². The van der Waals surface area contributed by atoms with E-state index >= 15 is 0 Å².